The molecule has 13 aromatic rings. The van der Waals surface area contributed by atoms with E-state index in [1.807, 2.05) is 36.4 Å². The van der Waals surface area contributed by atoms with Crippen LogP contribution in [-0.4, -0.2) is 24.1 Å². The fraction of sp³-hybridized carbons (Fsp3) is 0. The maximum Gasteiger partial charge on any atom is 0.164 e. The lowest BCUT2D eigenvalue weighted by Crippen LogP contribution is -2.02. The van der Waals surface area contributed by atoms with Crippen LogP contribution in [0.15, 0.2) is 212 Å². The molecule has 0 N–H and O–H groups in total. The molecule has 288 valence electrons. The van der Waals surface area contributed by atoms with Gasteiger partial charge in [0.2, 0.25) is 0 Å². The molecule has 0 fully saturated rings. The van der Waals surface area contributed by atoms with Crippen molar-refractivity contribution in [1.82, 2.24) is 24.1 Å². The van der Waals surface area contributed by atoms with Crippen molar-refractivity contribution in [2.24, 2.45) is 0 Å². The highest BCUT2D eigenvalue weighted by Crippen LogP contribution is 2.43. The summed E-state index contributed by atoms with van der Waals surface area (Å²) in [5.41, 5.74) is 9.61. The Kier molecular flexibility index (Phi) is 7.54. The van der Waals surface area contributed by atoms with Crippen LogP contribution in [0.25, 0.3) is 121 Å². The number of hydrogen-bond donors (Lipinski definition) is 0. The second-order valence-corrected chi connectivity index (χ2v) is 16.0. The summed E-state index contributed by atoms with van der Waals surface area (Å²) in [6, 6.07) is 75.9. The van der Waals surface area contributed by atoms with Crippen molar-refractivity contribution >= 4 is 75.9 Å². The molecule has 0 atom stereocenters. The first-order valence-corrected chi connectivity index (χ1v) is 21.0. The third-order valence-electron chi connectivity index (χ3n) is 12.5. The number of rotatable bonds is 5. The predicted molar refractivity (Wildman–Crippen MR) is 257 cm³/mol. The van der Waals surface area contributed by atoms with Crippen molar-refractivity contribution < 1.29 is 0 Å². The summed E-state index contributed by atoms with van der Waals surface area (Å²) in [5, 5.41) is 12.0. The Bertz CT molecular complexity index is 3860. The predicted octanol–water partition coefficient (Wildman–Crippen LogP) is 14.5. The van der Waals surface area contributed by atoms with Gasteiger partial charge in [-0.05, 0) is 70.1 Å². The van der Waals surface area contributed by atoms with Gasteiger partial charge in [0.15, 0.2) is 17.5 Å². The molecular formula is C57H35N5. The van der Waals surface area contributed by atoms with Crippen LogP contribution in [0.5, 0.6) is 0 Å². The van der Waals surface area contributed by atoms with Crippen LogP contribution in [0.2, 0.25) is 0 Å². The minimum Gasteiger partial charge on any atom is -0.309 e. The fourth-order valence-corrected chi connectivity index (χ4v) is 9.63. The standard InChI is InChI=1S/C57H35N5/c1-3-17-37(18-4-1)55-58-56(38-19-5-2-6-20-38)60-57(59-55)42-30-41-23-10-12-26-44(41)51(33-42)62-50-28-14-13-27-45(50)47-34-48-46-31-39-21-7-8-22-40(39)32-52(46)61(54(48)35-53(47)62)49-29-15-24-36-16-9-11-25-43(36)49/h1-35H. The van der Waals surface area contributed by atoms with Gasteiger partial charge in [0.05, 0.1) is 33.4 Å². The van der Waals surface area contributed by atoms with Crippen LogP contribution in [0.4, 0.5) is 0 Å². The first-order valence-electron chi connectivity index (χ1n) is 21.0. The molecule has 0 saturated heterocycles. The number of hydrogen-bond acceptors (Lipinski definition) is 3. The molecule has 5 nitrogen and oxygen atoms in total. The van der Waals surface area contributed by atoms with Gasteiger partial charge in [-0.1, -0.05) is 164 Å². The summed E-state index contributed by atoms with van der Waals surface area (Å²) in [5.74, 6) is 1.89. The van der Waals surface area contributed by atoms with Crippen molar-refractivity contribution in [1.29, 1.82) is 0 Å². The second kappa shape index (κ2) is 13.6. The first-order chi connectivity index (χ1) is 30.7. The van der Waals surface area contributed by atoms with Crippen LogP contribution < -0.4 is 0 Å². The molecule has 0 aliphatic carbocycles. The zero-order valence-electron chi connectivity index (χ0n) is 33.4. The van der Waals surface area contributed by atoms with Crippen LogP contribution >= 0.6 is 0 Å². The lowest BCUT2D eigenvalue weighted by molar-refractivity contribution is 1.07. The van der Waals surface area contributed by atoms with E-state index in [-0.39, 0.29) is 0 Å². The zero-order valence-corrected chi connectivity index (χ0v) is 33.4. The van der Waals surface area contributed by atoms with E-state index in [0.717, 1.165) is 55.4 Å². The van der Waals surface area contributed by atoms with Gasteiger partial charge < -0.3 is 9.13 Å². The maximum atomic E-state index is 5.18. The summed E-state index contributed by atoms with van der Waals surface area (Å²) in [6.07, 6.45) is 0. The van der Waals surface area contributed by atoms with E-state index in [4.69, 9.17) is 15.0 Å². The Morgan fingerprint density at radius 1 is 0.242 bits per heavy atom. The smallest absolute Gasteiger partial charge is 0.164 e. The van der Waals surface area contributed by atoms with Crippen molar-refractivity contribution in [3.05, 3.63) is 212 Å². The van der Waals surface area contributed by atoms with Crippen LogP contribution in [-0.2, 0) is 0 Å². The topological polar surface area (TPSA) is 48.5 Å². The molecule has 3 heterocycles. The Labute approximate surface area is 356 Å². The Hall–Kier alpha value is -8.41. The molecule has 0 radical (unpaired) electrons. The molecule has 3 aromatic heterocycles. The number of fused-ring (bicyclic) bond motifs is 9. The van der Waals surface area contributed by atoms with E-state index in [1.165, 1.54) is 48.6 Å². The number of para-hydroxylation sites is 1. The molecule has 0 saturated carbocycles. The monoisotopic (exact) mass is 789 g/mol. The SMILES string of the molecule is c1ccc(-c2nc(-c3ccccc3)nc(-c3cc(-n4c5ccccc5c5cc6c7cc8ccccc8cc7n(-c7cccc8ccccc78)c6cc54)c4ccccc4c3)n2)cc1. The highest BCUT2D eigenvalue weighted by Gasteiger charge is 2.22. The van der Waals surface area contributed by atoms with E-state index in [1.54, 1.807) is 0 Å². The van der Waals surface area contributed by atoms with Gasteiger partial charge in [-0.25, -0.2) is 15.0 Å². The van der Waals surface area contributed by atoms with E-state index < -0.39 is 0 Å². The van der Waals surface area contributed by atoms with E-state index in [2.05, 4.69) is 185 Å². The molecule has 0 aliphatic heterocycles. The third kappa shape index (κ3) is 5.32. The van der Waals surface area contributed by atoms with Gasteiger partial charge in [-0.3, -0.25) is 0 Å². The first kappa shape index (κ1) is 34.5. The molecule has 5 heteroatoms. The van der Waals surface area contributed by atoms with Gasteiger partial charge in [0, 0.05) is 49.0 Å². The Balaban J connectivity index is 1.14. The molecule has 62 heavy (non-hydrogen) atoms. The van der Waals surface area contributed by atoms with Gasteiger partial charge in [-0.2, -0.15) is 0 Å². The molecule has 0 spiro atoms. The largest absolute Gasteiger partial charge is 0.309 e. The molecule has 10 aromatic carbocycles. The van der Waals surface area contributed by atoms with Gasteiger partial charge in [-0.15, -0.1) is 0 Å². The summed E-state index contributed by atoms with van der Waals surface area (Å²) in [4.78, 5) is 15.4. The van der Waals surface area contributed by atoms with Gasteiger partial charge in [0.1, 0.15) is 0 Å². The summed E-state index contributed by atoms with van der Waals surface area (Å²) in [6.45, 7) is 0. The minimum atomic E-state index is 0.621. The average molecular weight is 790 g/mol. The van der Waals surface area contributed by atoms with E-state index >= 15 is 0 Å². The normalized spacial score (nSPS) is 11.9. The van der Waals surface area contributed by atoms with Crippen molar-refractivity contribution in [3.63, 3.8) is 0 Å². The van der Waals surface area contributed by atoms with E-state index in [0.29, 0.717) is 17.5 Å². The lowest BCUT2D eigenvalue weighted by atomic mass is 10.0. The van der Waals surface area contributed by atoms with Crippen LogP contribution in [0, 0.1) is 0 Å². The molecule has 0 amide bonds. The highest BCUT2D eigenvalue weighted by atomic mass is 15.0. The summed E-state index contributed by atoms with van der Waals surface area (Å²) >= 11 is 0. The molecule has 0 aliphatic rings. The quantitative estimate of drug-likeness (QED) is 0.174. The Morgan fingerprint density at radius 3 is 1.40 bits per heavy atom. The molecule has 0 unspecified atom stereocenters. The molecule has 13 rings (SSSR count). The van der Waals surface area contributed by atoms with Crippen molar-refractivity contribution in [3.8, 4) is 45.5 Å². The van der Waals surface area contributed by atoms with Crippen LogP contribution in [0.3, 0.4) is 0 Å². The lowest BCUT2D eigenvalue weighted by Gasteiger charge is -2.15. The van der Waals surface area contributed by atoms with E-state index in [9.17, 15) is 0 Å². The Morgan fingerprint density at radius 2 is 0.710 bits per heavy atom. The minimum absolute atomic E-state index is 0.621. The number of nitrogens with zero attached hydrogens (tertiary/aromatic N) is 5. The third-order valence-corrected chi connectivity index (χ3v) is 12.5. The average Bonchev–Trinajstić information content (AvgIpc) is 3.83. The highest BCUT2D eigenvalue weighted by molar-refractivity contribution is 6.21. The van der Waals surface area contributed by atoms with Gasteiger partial charge >= 0.3 is 0 Å². The second-order valence-electron chi connectivity index (χ2n) is 16.0. The van der Waals surface area contributed by atoms with Crippen LogP contribution in [0.1, 0.15) is 0 Å². The van der Waals surface area contributed by atoms with Crippen molar-refractivity contribution in [2.75, 3.05) is 0 Å². The van der Waals surface area contributed by atoms with Crippen molar-refractivity contribution in [2.45, 2.75) is 0 Å². The zero-order chi connectivity index (χ0) is 40.7. The molecule has 0 bridgehead atoms. The number of benzene rings is 10. The molecular weight excluding hydrogens is 755 g/mol. The number of aromatic nitrogens is 5. The summed E-state index contributed by atoms with van der Waals surface area (Å²) < 4.78 is 4.94. The van der Waals surface area contributed by atoms with Gasteiger partial charge in [0.25, 0.3) is 0 Å². The fourth-order valence-electron chi connectivity index (χ4n) is 9.63. The summed E-state index contributed by atoms with van der Waals surface area (Å²) in [7, 11) is 0. The maximum absolute atomic E-state index is 5.18.